The molecule has 0 radical (unpaired) electrons. The highest BCUT2D eigenvalue weighted by Crippen LogP contribution is 2.36. The zero-order chi connectivity index (χ0) is 13.1. The lowest BCUT2D eigenvalue weighted by molar-refractivity contribution is 0.112. The van der Waals surface area contributed by atoms with Crippen molar-refractivity contribution >= 4 is 38.1 Å². The SMILES string of the molecule is COc1ccc(-c2c(Br)cc(C=O)cc2Br)cc1. The fourth-order valence-corrected chi connectivity index (χ4v) is 3.37. The van der Waals surface area contributed by atoms with Gasteiger partial charge in [-0.15, -0.1) is 0 Å². The number of hydrogen-bond acceptors (Lipinski definition) is 2. The van der Waals surface area contributed by atoms with Crippen LogP contribution in [0.15, 0.2) is 45.3 Å². The first-order chi connectivity index (χ1) is 8.65. The fraction of sp³-hybridized carbons (Fsp3) is 0.0714. The summed E-state index contributed by atoms with van der Waals surface area (Å²) in [6.45, 7) is 0. The van der Waals surface area contributed by atoms with E-state index in [2.05, 4.69) is 31.9 Å². The number of benzene rings is 2. The average molecular weight is 370 g/mol. The number of halogens is 2. The van der Waals surface area contributed by atoms with E-state index in [4.69, 9.17) is 4.74 Å². The van der Waals surface area contributed by atoms with Gasteiger partial charge in [-0.3, -0.25) is 4.79 Å². The highest BCUT2D eigenvalue weighted by atomic mass is 79.9. The summed E-state index contributed by atoms with van der Waals surface area (Å²) < 4.78 is 6.89. The summed E-state index contributed by atoms with van der Waals surface area (Å²) in [6.07, 6.45) is 0.827. The predicted molar refractivity (Wildman–Crippen MR) is 79.2 cm³/mol. The summed E-state index contributed by atoms with van der Waals surface area (Å²) in [5.74, 6) is 0.815. The molecule has 0 saturated heterocycles. The minimum atomic E-state index is 0.631. The van der Waals surface area contributed by atoms with Gasteiger partial charge in [-0.1, -0.05) is 44.0 Å². The zero-order valence-electron chi connectivity index (χ0n) is 9.61. The fourth-order valence-electron chi connectivity index (χ4n) is 1.69. The van der Waals surface area contributed by atoms with E-state index in [0.717, 1.165) is 32.1 Å². The summed E-state index contributed by atoms with van der Waals surface area (Å²) in [5.41, 5.74) is 2.70. The molecule has 2 aromatic rings. The van der Waals surface area contributed by atoms with Crippen LogP contribution in [-0.4, -0.2) is 13.4 Å². The molecule has 0 aliphatic carbocycles. The number of carbonyl (C=O) groups excluding carboxylic acids is 1. The van der Waals surface area contributed by atoms with Crippen molar-refractivity contribution in [3.8, 4) is 16.9 Å². The molecule has 2 aromatic carbocycles. The van der Waals surface area contributed by atoms with Crippen molar-refractivity contribution in [2.75, 3.05) is 7.11 Å². The minimum Gasteiger partial charge on any atom is -0.497 e. The maximum atomic E-state index is 10.8. The zero-order valence-corrected chi connectivity index (χ0v) is 12.8. The van der Waals surface area contributed by atoms with E-state index in [-0.39, 0.29) is 0 Å². The largest absolute Gasteiger partial charge is 0.497 e. The van der Waals surface area contributed by atoms with E-state index in [1.54, 1.807) is 19.2 Å². The van der Waals surface area contributed by atoms with Crippen LogP contribution in [0.4, 0.5) is 0 Å². The molecular weight excluding hydrogens is 360 g/mol. The van der Waals surface area contributed by atoms with Crippen LogP contribution in [0, 0.1) is 0 Å². The lowest BCUT2D eigenvalue weighted by atomic mass is 10.0. The Balaban J connectivity index is 2.52. The Morgan fingerprint density at radius 2 is 1.61 bits per heavy atom. The highest BCUT2D eigenvalue weighted by Gasteiger charge is 2.09. The van der Waals surface area contributed by atoms with Gasteiger partial charge in [0.1, 0.15) is 12.0 Å². The van der Waals surface area contributed by atoms with Gasteiger partial charge in [0.05, 0.1) is 7.11 Å². The van der Waals surface area contributed by atoms with Gasteiger partial charge in [0.2, 0.25) is 0 Å². The molecule has 18 heavy (non-hydrogen) atoms. The van der Waals surface area contributed by atoms with Crippen LogP contribution in [0.5, 0.6) is 5.75 Å². The van der Waals surface area contributed by atoms with E-state index >= 15 is 0 Å². The third-order valence-electron chi connectivity index (χ3n) is 2.58. The van der Waals surface area contributed by atoms with E-state index in [1.165, 1.54) is 0 Å². The van der Waals surface area contributed by atoms with Crippen molar-refractivity contribution in [1.82, 2.24) is 0 Å². The van der Waals surface area contributed by atoms with Crippen LogP contribution in [0.3, 0.4) is 0 Å². The lowest BCUT2D eigenvalue weighted by Gasteiger charge is -2.09. The van der Waals surface area contributed by atoms with Gasteiger partial charge >= 0.3 is 0 Å². The summed E-state index contributed by atoms with van der Waals surface area (Å²) >= 11 is 6.98. The number of hydrogen-bond donors (Lipinski definition) is 0. The second-order valence-electron chi connectivity index (χ2n) is 3.71. The molecule has 0 bridgehead atoms. The van der Waals surface area contributed by atoms with E-state index in [9.17, 15) is 4.79 Å². The Labute approximate surface area is 122 Å². The summed E-state index contributed by atoms with van der Waals surface area (Å²) in [5, 5.41) is 0. The molecule has 0 heterocycles. The average Bonchev–Trinajstić information content (AvgIpc) is 2.38. The third-order valence-corrected chi connectivity index (χ3v) is 3.83. The summed E-state index contributed by atoms with van der Waals surface area (Å²) in [6, 6.07) is 11.4. The number of aldehydes is 1. The van der Waals surface area contributed by atoms with Crippen LogP contribution in [-0.2, 0) is 0 Å². The van der Waals surface area contributed by atoms with Gasteiger partial charge in [0, 0.05) is 20.1 Å². The van der Waals surface area contributed by atoms with E-state index in [1.807, 2.05) is 24.3 Å². The molecule has 0 unspecified atom stereocenters. The monoisotopic (exact) mass is 368 g/mol. The van der Waals surface area contributed by atoms with Crippen molar-refractivity contribution in [3.63, 3.8) is 0 Å². The molecular formula is C14H10Br2O2. The van der Waals surface area contributed by atoms with Crippen LogP contribution >= 0.6 is 31.9 Å². The van der Waals surface area contributed by atoms with Crippen molar-refractivity contribution in [3.05, 3.63) is 50.9 Å². The molecule has 0 aliphatic heterocycles. The minimum absolute atomic E-state index is 0.631. The topological polar surface area (TPSA) is 26.3 Å². The molecule has 0 atom stereocenters. The van der Waals surface area contributed by atoms with Crippen LogP contribution in [0.25, 0.3) is 11.1 Å². The molecule has 92 valence electrons. The number of carbonyl (C=O) groups is 1. The molecule has 4 heteroatoms. The van der Waals surface area contributed by atoms with Crippen molar-refractivity contribution in [2.24, 2.45) is 0 Å². The number of rotatable bonds is 3. The van der Waals surface area contributed by atoms with E-state index in [0.29, 0.717) is 5.56 Å². The Hall–Kier alpha value is -1.13. The van der Waals surface area contributed by atoms with E-state index < -0.39 is 0 Å². The first kappa shape index (κ1) is 13.3. The lowest BCUT2D eigenvalue weighted by Crippen LogP contribution is -1.88. The van der Waals surface area contributed by atoms with Gasteiger partial charge < -0.3 is 4.74 Å². The quantitative estimate of drug-likeness (QED) is 0.733. The van der Waals surface area contributed by atoms with Gasteiger partial charge in [0.15, 0.2) is 0 Å². The molecule has 0 saturated carbocycles. The van der Waals surface area contributed by atoms with Crippen molar-refractivity contribution < 1.29 is 9.53 Å². The highest BCUT2D eigenvalue weighted by molar-refractivity contribution is 9.11. The molecule has 0 aliphatic rings. The van der Waals surface area contributed by atoms with Crippen LogP contribution in [0.2, 0.25) is 0 Å². The molecule has 0 spiro atoms. The first-order valence-corrected chi connectivity index (χ1v) is 6.83. The van der Waals surface area contributed by atoms with Crippen molar-refractivity contribution in [1.29, 1.82) is 0 Å². The predicted octanol–water partition coefficient (Wildman–Crippen LogP) is 4.70. The smallest absolute Gasteiger partial charge is 0.150 e. The molecule has 0 N–H and O–H groups in total. The van der Waals surface area contributed by atoms with Gasteiger partial charge in [-0.25, -0.2) is 0 Å². The van der Waals surface area contributed by atoms with Gasteiger partial charge in [0.25, 0.3) is 0 Å². The molecule has 2 nitrogen and oxygen atoms in total. The van der Waals surface area contributed by atoms with Crippen molar-refractivity contribution in [2.45, 2.75) is 0 Å². The maximum absolute atomic E-state index is 10.8. The Bertz CT molecular complexity index is 554. The Kier molecular flexibility index (Phi) is 4.19. The molecule has 0 amide bonds. The third kappa shape index (κ3) is 2.65. The molecule has 2 rings (SSSR count). The summed E-state index contributed by atoms with van der Waals surface area (Å²) in [7, 11) is 1.64. The van der Waals surface area contributed by atoms with Crippen LogP contribution < -0.4 is 4.74 Å². The van der Waals surface area contributed by atoms with Gasteiger partial charge in [-0.2, -0.15) is 0 Å². The Morgan fingerprint density at radius 3 is 2.06 bits per heavy atom. The maximum Gasteiger partial charge on any atom is 0.150 e. The van der Waals surface area contributed by atoms with Crippen LogP contribution in [0.1, 0.15) is 10.4 Å². The van der Waals surface area contributed by atoms with Gasteiger partial charge in [-0.05, 0) is 29.8 Å². The standard InChI is InChI=1S/C14H10Br2O2/c1-18-11-4-2-10(3-5-11)14-12(15)6-9(8-17)7-13(14)16/h2-8H,1H3. The normalized spacial score (nSPS) is 10.2. The molecule has 0 fully saturated rings. The number of ether oxygens (including phenoxy) is 1. The Morgan fingerprint density at radius 1 is 1.06 bits per heavy atom. The second-order valence-corrected chi connectivity index (χ2v) is 5.41. The molecule has 0 aromatic heterocycles. The number of methoxy groups -OCH3 is 1. The summed E-state index contributed by atoms with van der Waals surface area (Å²) in [4.78, 5) is 10.8. The first-order valence-electron chi connectivity index (χ1n) is 5.24. The second kappa shape index (κ2) is 5.67.